The van der Waals surface area contributed by atoms with Crippen LogP contribution in [0.2, 0.25) is 15.1 Å². The largest absolute Gasteiger partial charge is 0.481 e. The third kappa shape index (κ3) is 5.50. The first-order chi connectivity index (χ1) is 14.8. The second-order valence-corrected chi connectivity index (χ2v) is 7.89. The van der Waals surface area contributed by atoms with Crippen LogP contribution in [0.25, 0.3) is 0 Å². The van der Waals surface area contributed by atoms with Gasteiger partial charge in [-0.1, -0.05) is 59.1 Å². The van der Waals surface area contributed by atoms with Crippen LogP contribution in [0, 0.1) is 13.8 Å². The maximum Gasteiger partial charge on any atom is 0.262 e. The van der Waals surface area contributed by atoms with Crippen molar-refractivity contribution in [1.29, 1.82) is 0 Å². The average Bonchev–Trinajstić information content (AvgIpc) is 2.77. The van der Waals surface area contributed by atoms with Gasteiger partial charge in [-0.05, 0) is 55.3 Å². The standard InChI is InChI=1S/C23H19Cl3N2O3/c1-13-19(24)14(2)21(26)22(20(13)25)31-12-18(29)27-16-9-6-10-17(11-16)28-23(30)15-7-4-3-5-8-15/h3-11H,12H2,1-2H3,(H,27,29)(H,28,30). The summed E-state index contributed by atoms with van der Waals surface area (Å²) < 4.78 is 5.57. The minimum absolute atomic E-state index is 0.210. The van der Waals surface area contributed by atoms with E-state index in [1.165, 1.54) is 0 Å². The monoisotopic (exact) mass is 476 g/mol. The fraction of sp³-hybridized carbons (Fsp3) is 0.130. The van der Waals surface area contributed by atoms with Gasteiger partial charge in [0.1, 0.15) is 0 Å². The molecule has 160 valence electrons. The minimum atomic E-state index is -0.413. The zero-order chi connectivity index (χ0) is 22.5. The summed E-state index contributed by atoms with van der Waals surface area (Å²) in [5.74, 6) is -0.448. The number of rotatable bonds is 6. The third-order valence-corrected chi connectivity index (χ3v) is 5.98. The van der Waals surface area contributed by atoms with Gasteiger partial charge in [0, 0.05) is 22.0 Å². The Hall–Kier alpha value is -2.73. The van der Waals surface area contributed by atoms with Gasteiger partial charge in [-0.25, -0.2) is 0 Å². The second-order valence-electron chi connectivity index (χ2n) is 6.76. The highest BCUT2D eigenvalue weighted by molar-refractivity contribution is 6.42. The molecule has 8 heteroatoms. The van der Waals surface area contributed by atoms with Gasteiger partial charge in [0.25, 0.3) is 11.8 Å². The number of nitrogens with one attached hydrogen (secondary N) is 2. The van der Waals surface area contributed by atoms with Gasteiger partial charge in [0.2, 0.25) is 0 Å². The Morgan fingerprint density at radius 3 is 2.00 bits per heavy atom. The quantitative estimate of drug-likeness (QED) is 0.424. The number of hydrogen-bond donors (Lipinski definition) is 2. The van der Waals surface area contributed by atoms with Gasteiger partial charge >= 0.3 is 0 Å². The molecule has 0 fully saturated rings. The van der Waals surface area contributed by atoms with Crippen LogP contribution in [0.5, 0.6) is 5.75 Å². The molecule has 0 aliphatic carbocycles. The summed E-state index contributed by atoms with van der Waals surface area (Å²) in [6.45, 7) is 3.19. The zero-order valence-electron chi connectivity index (χ0n) is 16.8. The summed E-state index contributed by atoms with van der Waals surface area (Å²) in [5.41, 5.74) is 2.83. The van der Waals surface area contributed by atoms with E-state index in [4.69, 9.17) is 39.5 Å². The second kappa shape index (κ2) is 10.1. The molecule has 31 heavy (non-hydrogen) atoms. The average molecular weight is 478 g/mol. The molecule has 0 aliphatic heterocycles. The van der Waals surface area contributed by atoms with Gasteiger partial charge in [0.15, 0.2) is 12.4 Å². The number of benzene rings is 3. The molecule has 2 N–H and O–H groups in total. The van der Waals surface area contributed by atoms with Crippen molar-refractivity contribution in [3.63, 3.8) is 0 Å². The summed E-state index contributed by atoms with van der Waals surface area (Å²) in [6, 6.07) is 15.6. The Balaban J connectivity index is 1.64. The molecule has 0 aliphatic rings. The normalized spacial score (nSPS) is 10.5. The Kier molecular flexibility index (Phi) is 7.44. The SMILES string of the molecule is Cc1c(Cl)c(C)c(Cl)c(OCC(=O)Nc2cccc(NC(=O)c3ccccc3)c2)c1Cl. The van der Waals surface area contributed by atoms with E-state index in [0.717, 1.165) is 0 Å². The summed E-state index contributed by atoms with van der Waals surface area (Å²) >= 11 is 18.7. The fourth-order valence-corrected chi connectivity index (χ4v) is 3.66. The van der Waals surface area contributed by atoms with Crippen LogP contribution in [-0.4, -0.2) is 18.4 Å². The van der Waals surface area contributed by atoms with Crippen molar-refractivity contribution in [3.8, 4) is 5.75 Å². The van der Waals surface area contributed by atoms with E-state index >= 15 is 0 Å². The van der Waals surface area contributed by atoms with Gasteiger partial charge in [-0.3, -0.25) is 9.59 Å². The van der Waals surface area contributed by atoms with Crippen LogP contribution in [-0.2, 0) is 4.79 Å². The summed E-state index contributed by atoms with van der Waals surface area (Å²) in [4.78, 5) is 24.7. The first kappa shape index (κ1) is 22.9. The molecule has 0 saturated carbocycles. The van der Waals surface area contributed by atoms with E-state index in [2.05, 4.69) is 10.6 Å². The summed E-state index contributed by atoms with van der Waals surface area (Å²) in [6.07, 6.45) is 0. The van der Waals surface area contributed by atoms with Gasteiger partial charge in [-0.15, -0.1) is 0 Å². The number of anilines is 2. The molecule has 0 spiro atoms. The van der Waals surface area contributed by atoms with Crippen molar-refractivity contribution in [1.82, 2.24) is 0 Å². The molecule has 3 rings (SSSR count). The highest BCUT2D eigenvalue weighted by Gasteiger charge is 2.18. The maximum absolute atomic E-state index is 12.4. The number of halogens is 3. The van der Waals surface area contributed by atoms with Crippen molar-refractivity contribution in [2.24, 2.45) is 0 Å². The molecule has 3 aromatic carbocycles. The van der Waals surface area contributed by atoms with Crippen LogP contribution >= 0.6 is 34.8 Å². The lowest BCUT2D eigenvalue weighted by Crippen LogP contribution is -2.20. The van der Waals surface area contributed by atoms with Crippen molar-refractivity contribution >= 4 is 58.0 Å². The highest BCUT2D eigenvalue weighted by atomic mass is 35.5. The number of carbonyl (C=O) groups is 2. The Bertz CT molecular complexity index is 1110. The molecular formula is C23H19Cl3N2O3. The Morgan fingerprint density at radius 1 is 0.806 bits per heavy atom. The maximum atomic E-state index is 12.4. The molecule has 0 atom stereocenters. The van der Waals surface area contributed by atoms with Gasteiger partial charge in [0.05, 0.1) is 10.0 Å². The van der Waals surface area contributed by atoms with E-state index < -0.39 is 5.91 Å². The van der Waals surface area contributed by atoms with Gasteiger partial charge in [-0.2, -0.15) is 0 Å². The Morgan fingerprint density at radius 2 is 1.39 bits per heavy atom. The van der Waals surface area contributed by atoms with Crippen LogP contribution < -0.4 is 15.4 Å². The molecule has 3 aromatic rings. The zero-order valence-corrected chi connectivity index (χ0v) is 19.0. The van der Waals surface area contributed by atoms with Crippen LogP contribution in [0.4, 0.5) is 11.4 Å². The topological polar surface area (TPSA) is 67.4 Å². The molecule has 5 nitrogen and oxygen atoms in total. The van der Waals surface area contributed by atoms with Crippen molar-refractivity contribution in [2.45, 2.75) is 13.8 Å². The first-order valence-electron chi connectivity index (χ1n) is 9.30. The molecular weight excluding hydrogens is 459 g/mol. The highest BCUT2D eigenvalue weighted by Crippen LogP contribution is 2.42. The predicted octanol–water partition coefficient (Wildman–Crippen LogP) is 6.53. The number of amides is 2. The van der Waals surface area contributed by atoms with E-state index in [9.17, 15) is 9.59 Å². The lowest BCUT2D eigenvalue weighted by molar-refractivity contribution is -0.118. The molecule has 0 bridgehead atoms. The van der Waals surface area contributed by atoms with Crippen molar-refractivity contribution in [3.05, 3.63) is 86.4 Å². The molecule has 0 unspecified atom stereocenters. The van der Waals surface area contributed by atoms with E-state index in [1.54, 1.807) is 62.4 Å². The molecule has 2 amide bonds. The number of carbonyl (C=O) groups excluding carboxylic acids is 2. The third-order valence-electron chi connectivity index (χ3n) is 4.50. The lowest BCUT2D eigenvalue weighted by Gasteiger charge is -2.15. The summed E-state index contributed by atoms with van der Waals surface area (Å²) in [5, 5.41) is 6.50. The first-order valence-corrected chi connectivity index (χ1v) is 10.4. The molecule has 0 heterocycles. The molecule has 0 saturated heterocycles. The van der Waals surface area contributed by atoms with Crippen LogP contribution in [0.3, 0.4) is 0 Å². The van der Waals surface area contributed by atoms with E-state index in [0.29, 0.717) is 33.1 Å². The lowest BCUT2D eigenvalue weighted by atomic mass is 10.1. The van der Waals surface area contributed by atoms with Crippen LogP contribution in [0.1, 0.15) is 21.5 Å². The smallest absolute Gasteiger partial charge is 0.262 e. The number of ether oxygens (including phenoxy) is 1. The van der Waals surface area contributed by atoms with Crippen molar-refractivity contribution < 1.29 is 14.3 Å². The molecule has 0 radical (unpaired) electrons. The Labute approximate surface area is 195 Å². The predicted molar refractivity (Wildman–Crippen MR) is 126 cm³/mol. The fourth-order valence-electron chi connectivity index (χ4n) is 2.84. The van der Waals surface area contributed by atoms with E-state index in [-0.39, 0.29) is 28.3 Å². The summed E-state index contributed by atoms with van der Waals surface area (Å²) in [7, 11) is 0. The van der Waals surface area contributed by atoms with Gasteiger partial charge < -0.3 is 15.4 Å². The van der Waals surface area contributed by atoms with E-state index in [1.807, 2.05) is 6.07 Å². The molecule has 0 aromatic heterocycles. The van der Waals surface area contributed by atoms with Crippen LogP contribution in [0.15, 0.2) is 54.6 Å². The minimum Gasteiger partial charge on any atom is -0.481 e. The van der Waals surface area contributed by atoms with Crippen molar-refractivity contribution in [2.75, 3.05) is 17.2 Å². The number of hydrogen-bond acceptors (Lipinski definition) is 3.